The molecule has 0 radical (unpaired) electrons. The number of Topliss-reactive ketones (excluding diaryl/α,β-unsaturated/α-hetero) is 1. The van der Waals surface area contributed by atoms with Crippen LogP contribution in [0, 0.1) is 5.92 Å². The maximum atomic E-state index is 11.2. The van der Waals surface area contributed by atoms with Gasteiger partial charge in [-0.05, 0) is 0 Å². The minimum absolute atomic E-state index is 0.260. The number of carbonyl (C=O) groups excluding carboxylic acids is 3. The number of esters is 2. The lowest BCUT2D eigenvalue weighted by molar-refractivity contribution is -0.147. The first-order valence-corrected chi connectivity index (χ1v) is 3.91. The van der Waals surface area contributed by atoms with Crippen molar-refractivity contribution in [1.82, 2.24) is 0 Å². The van der Waals surface area contributed by atoms with E-state index in [4.69, 9.17) is 0 Å². The van der Waals surface area contributed by atoms with Crippen molar-refractivity contribution in [3.8, 4) is 0 Å². The van der Waals surface area contributed by atoms with Gasteiger partial charge in [-0.1, -0.05) is 0 Å². The molecule has 5 heteroatoms. The predicted molar refractivity (Wildman–Crippen MR) is 40.7 cm³/mol. The number of ketones is 1. The number of cyclic esters (lactones) is 1. The van der Waals surface area contributed by atoms with Gasteiger partial charge < -0.3 is 9.47 Å². The quantitative estimate of drug-likeness (QED) is 0.446. The van der Waals surface area contributed by atoms with Crippen molar-refractivity contribution in [1.29, 1.82) is 0 Å². The molecule has 1 heterocycles. The van der Waals surface area contributed by atoms with E-state index in [1.807, 2.05) is 0 Å². The molecule has 1 saturated heterocycles. The summed E-state index contributed by atoms with van der Waals surface area (Å²) in [6.07, 6.45) is 0.0188. The zero-order chi connectivity index (χ0) is 9.84. The molecular formula is C8H10O5. The standard InChI is InChI=1S/C8H10O5/c1-12-7(10)4-6(9)5-2-3-13-8(5)11/h5H,2-4H2,1H3. The fourth-order valence-electron chi connectivity index (χ4n) is 1.13. The summed E-state index contributed by atoms with van der Waals surface area (Å²) in [6, 6.07) is 0. The van der Waals surface area contributed by atoms with Crippen molar-refractivity contribution < 1.29 is 23.9 Å². The van der Waals surface area contributed by atoms with Gasteiger partial charge in [-0.15, -0.1) is 0 Å². The molecule has 0 N–H and O–H groups in total. The Kier molecular flexibility index (Phi) is 3.00. The van der Waals surface area contributed by atoms with Crippen LogP contribution in [0.3, 0.4) is 0 Å². The number of rotatable bonds is 3. The largest absolute Gasteiger partial charge is 0.469 e. The summed E-state index contributed by atoms with van der Waals surface area (Å²) >= 11 is 0. The number of methoxy groups -OCH3 is 1. The highest BCUT2D eigenvalue weighted by Crippen LogP contribution is 2.16. The van der Waals surface area contributed by atoms with Crippen LogP contribution in [-0.4, -0.2) is 31.4 Å². The first kappa shape index (κ1) is 9.70. The van der Waals surface area contributed by atoms with Crippen LogP contribution < -0.4 is 0 Å². The van der Waals surface area contributed by atoms with Gasteiger partial charge in [0.15, 0.2) is 5.78 Å². The van der Waals surface area contributed by atoms with Crippen LogP contribution in [0.4, 0.5) is 0 Å². The molecule has 0 amide bonds. The summed E-state index contributed by atoms with van der Waals surface area (Å²) in [7, 11) is 1.20. The lowest BCUT2D eigenvalue weighted by atomic mass is 10.0. The molecule has 1 aliphatic heterocycles. The Labute approximate surface area is 75.0 Å². The summed E-state index contributed by atoms with van der Waals surface area (Å²) in [6.45, 7) is 0.260. The van der Waals surface area contributed by atoms with E-state index in [9.17, 15) is 14.4 Å². The lowest BCUT2D eigenvalue weighted by Gasteiger charge is -2.02. The van der Waals surface area contributed by atoms with E-state index in [1.54, 1.807) is 0 Å². The lowest BCUT2D eigenvalue weighted by Crippen LogP contribution is -2.22. The molecule has 1 fully saturated rings. The van der Waals surface area contributed by atoms with Gasteiger partial charge in [0.25, 0.3) is 0 Å². The topological polar surface area (TPSA) is 69.7 Å². The number of ether oxygens (including phenoxy) is 2. The summed E-state index contributed by atoms with van der Waals surface area (Å²) in [4.78, 5) is 32.8. The molecule has 0 aromatic rings. The van der Waals surface area contributed by atoms with Gasteiger partial charge in [-0.2, -0.15) is 0 Å². The predicted octanol–water partition coefficient (Wildman–Crippen LogP) is -0.318. The fraction of sp³-hybridized carbons (Fsp3) is 0.625. The van der Waals surface area contributed by atoms with E-state index in [0.29, 0.717) is 6.42 Å². The molecular weight excluding hydrogens is 176 g/mol. The van der Waals surface area contributed by atoms with Crippen molar-refractivity contribution in [3.63, 3.8) is 0 Å². The van der Waals surface area contributed by atoms with Crippen LogP contribution in [0.15, 0.2) is 0 Å². The van der Waals surface area contributed by atoms with Gasteiger partial charge >= 0.3 is 11.9 Å². The van der Waals surface area contributed by atoms with Crippen molar-refractivity contribution in [3.05, 3.63) is 0 Å². The molecule has 1 aliphatic rings. The first-order chi connectivity index (χ1) is 6.15. The SMILES string of the molecule is COC(=O)CC(=O)C1CCOC1=O. The van der Waals surface area contributed by atoms with E-state index >= 15 is 0 Å². The normalized spacial score (nSPS) is 21.0. The highest BCUT2D eigenvalue weighted by atomic mass is 16.5. The van der Waals surface area contributed by atoms with E-state index in [2.05, 4.69) is 9.47 Å². The Bertz CT molecular complexity index is 245. The molecule has 0 saturated carbocycles. The highest BCUT2D eigenvalue weighted by molar-refractivity contribution is 6.06. The summed E-state index contributed by atoms with van der Waals surface area (Å²) in [5.74, 6) is -2.34. The van der Waals surface area contributed by atoms with Gasteiger partial charge in [-0.3, -0.25) is 14.4 Å². The van der Waals surface area contributed by atoms with Crippen LogP contribution in [0.2, 0.25) is 0 Å². The minimum Gasteiger partial charge on any atom is -0.469 e. The van der Waals surface area contributed by atoms with Crippen LogP contribution in [0.1, 0.15) is 12.8 Å². The zero-order valence-corrected chi connectivity index (χ0v) is 7.24. The summed E-state index contributed by atoms with van der Waals surface area (Å²) in [5, 5.41) is 0. The molecule has 0 spiro atoms. The van der Waals surface area contributed by atoms with Crippen LogP contribution in [0.5, 0.6) is 0 Å². The number of hydrogen-bond donors (Lipinski definition) is 0. The maximum Gasteiger partial charge on any atom is 0.316 e. The van der Waals surface area contributed by atoms with Gasteiger partial charge in [0.1, 0.15) is 12.3 Å². The molecule has 1 unspecified atom stereocenters. The summed E-state index contributed by atoms with van der Waals surface area (Å²) < 4.78 is 8.89. The zero-order valence-electron chi connectivity index (χ0n) is 7.24. The smallest absolute Gasteiger partial charge is 0.316 e. The average Bonchev–Trinajstić information content (AvgIpc) is 2.51. The van der Waals surface area contributed by atoms with Crippen molar-refractivity contribution in [2.24, 2.45) is 5.92 Å². The van der Waals surface area contributed by atoms with Crippen LogP contribution in [0.25, 0.3) is 0 Å². The van der Waals surface area contributed by atoms with E-state index in [1.165, 1.54) is 7.11 Å². The molecule has 1 atom stereocenters. The van der Waals surface area contributed by atoms with Crippen molar-refractivity contribution >= 4 is 17.7 Å². The molecule has 0 aliphatic carbocycles. The van der Waals surface area contributed by atoms with Crippen molar-refractivity contribution in [2.75, 3.05) is 13.7 Å². The second-order valence-corrected chi connectivity index (χ2v) is 2.73. The van der Waals surface area contributed by atoms with Gasteiger partial charge in [0.2, 0.25) is 0 Å². The van der Waals surface area contributed by atoms with Crippen molar-refractivity contribution in [2.45, 2.75) is 12.8 Å². The maximum absolute atomic E-state index is 11.2. The molecule has 1 rings (SSSR count). The Morgan fingerprint density at radius 2 is 2.31 bits per heavy atom. The average molecular weight is 186 g/mol. The molecule has 13 heavy (non-hydrogen) atoms. The third-order valence-corrected chi connectivity index (χ3v) is 1.87. The molecule has 0 bridgehead atoms. The molecule has 5 nitrogen and oxygen atoms in total. The van der Waals surface area contributed by atoms with E-state index < -0.39 is 23.6 Å². The Morgan fingerprint density at radius 1 is 1.62 bits per heavy atom. The fourth-order valence-corrected chi connectivity index (χ4v) is 1.13. The third-order valence-electron chi connectivity index (χ3n) is 1.87. The van der Waals surface area contributed by atoms with Crippen LogP contribution in [-0.2, 0) is 23.9 Å². The van der Waals surface area contributed by atoms with Gasteiger partial charge in [0, 0.05) is 6.42 Å². The highest BCUT2D eigenvalue weighted by Gasteiger charge is 2.33. The second kappa shape index (κ2) is 4.02. The van der Waals surface area contributed by atoms with E-state index in [-0.39, 0.29) is 13.0 Å². The van der Waals surface area contributed by atoms with Crippen LogP contribution >= 0.6 is 0 Å². The Balaban J connectivity index is 2.47. The van der Waals surface area contributed by atoms with Gasteiger partial charge in [0.05, 0.1) is 13.7 Å². The van der Waals surface area contributed by atoms with E-state index in [0.717, 1.165) is 0 Å². The Hall–Kier alpha value is -1.39. The number of hydrogen-bond acceptors (Lipinski definition) is 5. The molecule has 0 aromatic heterocycles. The minimum atomic E-state index is -0.765. The Morgan fingerprint density at radius 3 is 2.77 bits per heavy atom. The summed E-state index contributed by atoms with van der Waals surface area (Å²) in [5.41, 5.74) is 0. The second-order valence-electron chi connectivity index (χ2n) is 2.73. The third kappa shape index (κ3) is 2.27. The monoisotopic (exact) mass is 186 g/mol. The first-order valence-electron chi connectivity index (χ1n) is 3.91. The molecule has 72 valence electrons. The number of carbonyl (C=O) groups is 3. The van der Waals surface area contributed by atoms with Gasteiger partial charge in [-0.25, -0.2) is 0 Å². The molecule has 0 aromatic carbocycles.